The number of nitrogens with two attached hydrogens (primary N) is 1. The minimum Gasteiger partial charge on any atom is -0.477 e. The van der Waals surface area contributed by atoms with E-state index in [1.165, 1.54) is 7.11 Å². The molecule has 0 radical (unpaired) electrons. The van der Waals surface area contributed by atoms with Gasteiger partial charge in [0.1, 0.15) is 0 Å². The van der Waals surface area contributed by atoms with E-state index in [0.717, 1.165) is 0 Å². The molecule has 0 aliphatic carbocycles. The summed E-state index contributed by atoms with van der Waals surface area (Å²) in [6.45, 7) is 0.630. The topological polar surface area (TPSA) is 82.3 Å². The van der Waals surface area contributed by atoms with Gasteiger partial charge in [0.25, 0.3) is 0 Å². The molecule has 0 fully saturated rings. The number of hydrazine groups is 1. The van der Waals surface area contributed by atoms with Gasteiger partial charge in [0.15, 0.2) is 5.69 Å². The lowest BCUT2D eigenvalue weighted by atomic mass is 10.4. The first kappa shape index (κ1) is 14.5. The largest absolute Gasteiger partial charge is 0.477 e. The van der Waals surface area contributed by atoms with Gasteiger partial charge in [-0.1, -0.05) is 0 Å². The Morgan fingerprint density at radius 3 is 2.61 bits per heavy atom. The second-order valence-corrected chi connectivity index (χ2v) is 3.25. The third kappa shape index (κ3) is 4.34. The first-order chi connectivity index (χ1) is 8.47. The van der Waals surface area contributed by atoms with Crippen molar-refractivity contribution in [3.05, 3.63) is 11.8 Å². The molecule has 0 aromatic carbocycles. The normalized spacial score (nSPS) is 11.4. The average molecular weight is 266 g/mol. The standard InChI is InChI=1S/C9H13F3N4O2/c1-17-3-2-4-18-7-5-6(9(10,11)12)14-8(15-7)16-13/h5H,2-4,13H2,1H3,(H,14,15,16). The minimum atomic E-state index is -4.58. The number of hydrogen-bond acceptors (Lipinski definition) is 6. The molecule has 0 aliphatic rings. The van der Waals surface area contributed by atoms with E-state index >= 15 is 0 Å². The summed E-state index contributed by atoms with van der Waals surface area (Å²) in [5.41, 5.74) is 0.836. The molecular weight excluding hydrogens is 253 g/mol. The van der Waals surface area contributed by atoms with Crippen molar-refractivity contribution in [1.29, 1.82) is 0 Å². The van der Waals surface area contributed by atoms with E-state index in [-0.39, 0.29) is 18.4 Å². The van der Waals surface area contributed by atoms with E-state index in [4.69, 9.17) is 15.3 Å². The van der Waals surface area contributed by atoms with Gasteiger partial charge in [-0.05, 0) is 0 Å². The predicted molar refractivity (Wildman–Crippen MR) is 56.8 cm³/mol. The van der Waals surface area contributed by atoms with E-state index < -0.39 is 11.9 Å². The molecule has 102 valence electrons. The Balaban J connectivity index is 2.78. The molecule has 1 rings (SSSR count). The summed E-state index contributed by atoms with van der Waals surface area (Å²) >= 11 is 0. The van der Waals surface area contributed by atoms with Crippen LogP contribution in [0.1, 0.15) is 12.1 Å². The average Bonchev–Trinajstić information content (AvgIpc) is 2.33. The number of halogens is 3. The Morgan fingerprint density at radius 1 is 1.33 bits per heavy atom. The smallest absolute Gasteiger partial charge is 0.433 e. The van der Waals surface area contributed by atoms with Crippen molar-refractivity contribution in [2.45, 2.75) is 12.6 Å². The fourth-order valence-corrected chi connectivity index (χ4v) is 1.09. The van der Waals surface area contributed by atoms with Gasteiger partial charge >= 0.3 is 6.18 Å². The summed E-state index contributed by atoms with van der Waals surface area (Å²) in [4.78, 5) is 6.84. The molecule has 0 spiro atoms. The number of hydrogen-bond donors (Lipinski definition) is 2. The number of methoxy groups -OCH3 is 1. The molecular formula is C9H13F3N4O2. The van der Waals surface area contributed by atoms with E-state index in [9.17, 15) is 13.2 Å². The van der Waals surface area contributed by atoms with Gasteiger partial charge in [-0.15, -0.1) is 0 Å². The highest BCUT2D eigenvalue weighted by Crippen LogP contribution is 2.30. The summed E-state index contributed by atoms with van der Waals surface area (Å²) in [5.74, 6) is 4.44. The zero-order valence-corrected chi connectivity index (χ0v) is 9.62. The molecule has 1 aromatic rings. The third-order valence-electron chi connectivity index (χ3n) is 1.86. The molecule has 3 N–H and O–H groups in total. The molecule has 1 heterocycles. The van der Waals surface area contributed by atoms with Crippen molar-refractivity contribution in [3.63, 3.8) is 0 Å². The van der Waals surface area contributed by atoms with Crippen LogP contribution in [0.25, 0.3) is 0 Å². The van der Waals surface area contributed by atoms with Crippen molar-refractivity contribution in [2.75, 3.05) is 25.7 Å². The number of alkyl halides is 3. The molecule has 0 saturated heterocycles. The lowest BCUT2D eigenvalue weighted by molar-refractivity contribution is -0.141. The maximum Gasteiger partial charge on any atom is 0.433 e. The number of aromatic nitrogens is 2. The van der Waals surface area contributed by atoms with Gasteiger partial charge in [-0.2, -0.15) is 18.2 Å². The van der Waals surface area contributed by atoms with Crippen LogP contribution >= 0.6 is 0 Å². The number of nitrogens with one attached hydrogen (secondary N) is 1. The Morgan fingerprint density at radius 2 is 2.06 bits per heavy atom. The molecule has 1 aromatic heterocycles. The highest BCUT2D eigenvalue weighted by Gasteiger charge is 2.34. The molecule has 9 heteroatoms. The van der Waals surface area contributed by atoms with Crippen molar-refractivity contribution in [1.82, 2.24) is 9.97 Å². The summed E-state index contributed by atoms with van der Waals surface area (Å²) in [5, 5.41) is 0. The highest BCUT2D eigenvalue weighted by molar-refractivity contribution is 5.30. The Bertz CT molecular complexity index is 387. The second kappa shape index (κ2) is 6.36. The molecule has 18 heavy (non-hydrogen) atoms. The Hall–Kier alpha value is -1.61. The molecule has 0 bridgehead atoms. The lowest BCUT2D eigenvalue weighted by Crippen LogP contribution is -2.16. The van der Waals surface area contributed by atoms with Crippen LogP contribution in [0.15, 0.2) is 6.07 Å². The fourth-order valence-electron chi connectivity index (χ4n) is 1.09. The highest BCUT2D eigenvalue weighted by atomic mass is 19.4. The molecule has 0 atom stereocenters. The van der Waals surface area contributed by atoms with Crippen molar-refractivity contribution in [3.8, 4) is 5.88 Å². The number of nitrogen functional groups attached to an aromatic ring is 1. The third-order valence-corrected chi connectivity index (χ3v) is 1.86. The number of anilines is 1. The van der Waals surface area contributed by atoms with Gasteiger partial charge in [-0.25, -0.2) is 10.8 Å². The van der Waals surface area contributed by atoms with Crippen LogP contribution in [-0.2, 0) is 10.9 Å². The van der Waals surface area contributed by atoms with Crippen LogP contribution in [0.3, 0.4) is 0 Å². The maximum atomic E-state index is 12.5. The molecule has 0 unspecified atom stereocenters. The van der Waals surface area contributed by atoms with E-state index in [1.807, 2.05) is 5.43 Å². The van der Waals surface area contributed by atoms with Crippen molar-refractivity contribution >= 4 is 5.95 Å². The van der Waals surface area contributed by atoms with Crippen molar-refractivity contribution < 1.29 is 22.6 Å². The van der Waals surface area contributed by atoms with Crippen molar-refractivity contribution in [2.24, 2.45) is 5.84 Å². The van der Waals surface area contributed by atoms with Crippen LogP contribution in [0.5, 0.6) is 5.88 Å². The number of nitrogens with zero attached hydrogens (tertiary/aromatic N) is 2. The van der Waals surface area contributed by atoms with Crippen LogP contribution in [0.2, 0.25) is 0 Å². The Labute approximate surface area is 101 Å². The van der Waals surface area contributed by atoms with Gasteiger partial charge in [0.2, 0.25) is 11.8 Å². The van der Waals surface area contributed by atoms with Gasteiger partial charge < -0.3 is 9.47 Å². The van der Waals surface area contributed by atoms with E-state index in [0.29, 0.717) is 19.1 Å². The van der Waals surface area contributed by atoms with Crippen LogP contribution in [0.4, 0.5) is 19.1 Å². The van der Waals surface area contributed by atoms with E-state index in [1.54, 1.807) is 0 Å². The molecule has 6 nitrogen and oxygen atoms in total. The van der Waals surface area contributed by atoms with Crippen LogP contribution in [0, 0.1) is 0 Å². The molecule has 0 saturated carbocycles. The van der Waals surface area contributed by atoms with Gasteiger partial charge in [0.05, 0.1) is 6.61 Å². The number of ether oxygens (including phenoxy) is 2. The van der Waals surface area contributed by atoms with Gasteiger partial charge in [-0.3, -0.25) is 5.43 Å². The fraction of sp³-hybridized carbons (Fsp3) is 0.556. The first-order valence-electron chi connectivity index (χ1n) is 5.02. The van der Waals surface area contributed by atoms with E-state index in [2.05, 4.69) is 9.97 Å². The summed E-state index contributed by atoms with van der Waals surface area (Å²) in [6, 6.07) is 0.716. The zero-order valence-electron chi connectivity index (χ0n) is 9.62. The lowest BCUT2D eigenvalue weighted by Gasteiger charge is -2.10. The molecule has 0 aliphatic heterocycles. The minimum absolute atomic E-state index is 0.187. The maximum absolute atomic E-state index is 12.5. The monoisotopic (exact) mass is 266 g/mol. The summed E-state index contributed by atoms with van der Waals surface area (Å²) in [6.07, 6.45) is -4.05. The Kier molecular flexibility index (Phi) is 5.10. The van der Waals surface area contributed by atoms with Crippen LogP contribution < -0.4 is 16.0 Å². The first-order valence-corrected chi connectivity index (χ1v) is 5.02. The van der Waals surface area contributed by atoms with Gasteiger partial charge in [0, 0.05) is 26.2 Å². The number of rotatable bonds is 6. The summed E-state index contributed by atoms with van der Waals surface area (Å²) < 4.78 is 47.3. The SMILES string of the molecule is COCCCOc1cc(C(F)(F)F)nc(NN)n1. The summed E-state index contributed by atoms with van der Waals surface area (Å²) in [7, 11) is 1.52. The molecule has 0 amide bonds. The zero-order chi connectivity index (χ0) is 13.6. The predicted octanol–water partition coefficient (Wildman–Crippen LogP) is 1.20. The van der Waals surface area contributed by atoms with Crippen LogP contribution in [-0.4, -0.2) is 30.3 Å². The second-order valence-electron chi connectivity index (χ2n) is 3.25. The quantitative estimate of drug-likeness (QED) is 0.457.